The minimum atomic E-state index is -3.95. The van der Waals surface area contributed by atoms with E-state index < -0.39 is 28.6 Å². The summed E-state index contributed by atoms with van der Waals surface area (Å²) in [6.07, 6.45) is 1.43. The van der Waals surface area contributed by atoms with Gasteiger partial charge < -0.3 is 15.5 Å². The van der Waals surface area contributed by atoms with Crippen LogP contribution in [-0.4, -0.2) is 59.7 Å². The number of aliphatic hydroxyl groups is 2. The number of nitrogens with zero attached hydrogens (tertiary/aromatic N) is 2. The highest BCUT2D eigenvalue weighted by atomic mass is 35.5. The summed E-state index contributed by atoms with van der Waals surface area (Å²) < 4.78 is 30.3. The van der Waals surface area contributed by atoms with Crippen molar-refractivity contribution in [3.63, 3.8) is 0 Å². The standard InChI is InChI=1S/C19H25ClN4O6S2/c1-9(2)16(26)11-6-15(31-18(11)20)17(27)12-7-21-8-22-19(12)23-10-4-13(14(25)5-10)24-32(28,29)30-3/h6-10,13-14,16,24-26H,4-5H2,1-3H3,(H,21,22,23)/t10-,13-,14+,16-/m1/s1. The summed E-state index contributed by atoms with van der Waals surface area (Å²) in [5.41, 5.74) is 0.694. The highest BCUT2D eigenvalue weighted by molar-refractivity contribution is 7.84. The van der Waals surface area contributed by atoms with Crippen LogP contribution >= 0.6 is 22.9 Å². The molecule has 0 bridgehead atoms. The number of hydrogen-bond acceptors (Lipinski definition) is 10. The molecule has 13 heteroatoms. The molecule has 0 unspecified atom stereocenters. The lowest BCUT2D eigenvalue weighted by Crippen LogP contribution is -2.40. The van der Waals surface area contributed by atoms with E-state index in [9.17, 15) is 23.4 Å². The maximum atomic E-state index is 13.1. The largest absolute Gasteiger partial charge is 0.391 e. The summed E-state index contributed by atoms with van der Waals surface area (Å²) >= 11 is 7.32. The van der Waals surface area contributed by atoms with E-state index in [-0.39, 0.29) is 42.0 Å². The smallest absolute Gasteiger partial charge is 0.335 e. The Hall–Kier alpha value is -1.67. The predicted molar refractivity (Wildman–Crippen MR) is 120 cm³/mol. The molecule has 0 radical (unpaired) electrons. The van der Waals surface area contributed by atoms with Gasteiger partial charge in [0.1, 0.15) is 12.1 Å². The van der Waals surface area contributed by atoms with Crippen molar-refractivity contribution in [1.29, 1.82) is 0 Å². The molecule has 10 nitrogen and oxygen atoms in total. The number of aromatic nitrogens is 2. The Morgan fingerprint density at radius 2 is 2.09 bits per heavy atom. The number of nitrogens with one attached hydrogen (secondary N) is 2. The number of carbonyl (C=O) groups is 1. The molecule has 0 saturated heterocycles. The van der Waals surface area contributed by atoms with Gasteiger partial charge in [-0.2, -0.15) is 13.1 Å². The van der Waals surface area contributed by atoms with Gasteiger partial charge in [0.25, 0.3) is 0 Å². The monoisotopic (exact) mass is 504 g/mol. The average molecular weight is 505 g/mol. The van der Waals surface area contributed by atoms with Crippen molar-refractivity contribution in [3.8, 4) is 0 Å². The van der Waals surface area contributed by atoms with Gasteiger partial charge >= 0.3 is 10.3 Å². The molecule has 4 atom stereocenters. The maximum Gasteiger partial charge on any atom is 0.335 e. The first kappa shape index (κ1) is 25.0. The van der Waals surface area contributed by atoms with Crippen LogP contribution in [0, 0.1) is 5.92 Å². The van der Waals surface area contributed by atoms with Crippen LogP contribution in [0.1, 0.15) is 53.6 Å². The summed E-state index contributed by atoms with van der Waals surface area (Å²) in [4.78, 5) is 21.6. The molecule has 4 N–H and O–H groups in total. The fourth-order valence-corrected chi connectivity index (χ4v) is 5.50. The van der Waals surface area contributed by atoms with E-state index in [0.29, 0.717) is 14.8 Å². The van der Waals surface area contributed by atoms with Crippen LogP contribution in [0.4, 0.5) is 5.82 Å². The second kappa shape index (κ2) is 10.1. The summed E-state index contributed by atoms with van der Waals surface area (Å²) in [5, 5.41) is 23.7. The van der Waals surface area contributed by atoms with Gasteiger partial charge in [0.05, 0.1) is 40.1 Å². The minimum Gasteiger partial charge on any atom is -0.391 e. The SMILES string of the molecule is COS(=O)(=O)N[C@@H]1C[C@@H](Nc2ncncc2C(=O)c2cc([C@H](O)C(C)C)c(Cl)s2)C[C@@H]1O. The number of carbonyl (C=O) groups excluding carboxylic acids is 1. The van der Waals surface area contributed by atoms with E-state index in [1.165, 1.54) is 12.5 Å². The molecule has 2 aromatic heterocycles. The lowest BCUT2D eigenvalue weighted by atomic mass is 10.0. The quantitative estimate of drug-likeness (QED) is 0.375. The molecule has 1 fully saturated rings. The maximum absolute atomic E-state index is 13.1. The fourth-order valence-electron chi connectivity index (χ4n) is 3.49. The van der Waals surface area contributed by atoms with E-state index in [1.54, 1.807) is 6.07 Å². The van der Waals surface area contributed by atoms with Crippen LogP contribution in [0.15, 0.2) is 18.6 Å². The Morgan fingerprint density at radius 3 is 2.75 bits per heavy atom. The van der Waals surface area contributed by atoms with Crippen LogP contribution in [0.2, 0.25) is 4.34 Å². The third-order valence-corrected chi connectivity index (χ3v) is 7.65. The van der Waals surface area contributed by atoms with Gasteiger partial charge in [0.2, 0.25) is 5.78 Å². The molecule has 176 valence electrons. The lowest BCUT2D eigenvalue weighted by Gasteiger charge is -2.16. The van der Waals surface area contributed by atoms with Gasteiger partial charge in [-0.1, -0.05) is 25.4 Å². The molecule has 0 aliphatic heterocycles. The lowest BCUT2D eigenvalue weighted by molar-refractivity contribution is 0.104. The Balaban J connectivity index is 1.79. The highest BCUT2D eigenvalue weighted by Crippen LogP contribution is 2.36. The molecule has 0 spiro atoms. The van der Waals surface area contributed by atoms with E-state index in [0.717, 1.165) is 18.4 Å². The van der Waals surface area contributed by atoms with E-state index >= 15 is 0 Å². The normalized spacial score (nSPS) is 22.3. The second-order valence-corrected chi connectivity index (χ2v) is 11.0. The number of halogens is 1. The Bertz CT molecular complexity index is 1080. The molecule has 32 heavy (non-hydrogen) atoms. The van der Waals surface area contributed by atoms with Crippen molar-refractivity contribution < 1.29 is 27.6 Å². The molecule has 1 saturated carbocycles. The van der Waals surface area contributed by atoms with Crippen LogP contribution in [0.3, 0.4) is 0 Å². The van der Waals surface area contributed by atoms with Crippen molar-refractivity contribution in [1.82, 2.24) is 14.7 Å². The molecule has 0 aromatic carbocycles. The highest BCUT2D eigenvalue weighted by Gasteiger charge is 2.36. The molecular weight excluding hydrogens is 480 g/mol. The first-order valence-corrected chi connectivity index (χ1v) is 12.5. The van der Waals surface area contributed by atoms with E-state index in [2.05, 4.69) is 24.2 Å². The van der Waals surface area contributed by atoms with Crippen molar-refractivity contribution in [3.05, 3.63) is 38.9 Å². The van der Waals surface area contributed by atoms with Gasteiger partial charge in [0.15, 0.2) is 0 Å². The minimum absolute atomic E-state index is 0.0698. The molecule has 0 amide bonds. The van der Waals surface area contributed by atoms with Gasteiger partial charge in [-0.05, 0) is 24.8 Å². The first-order chi connectivity index (χ1) is 15.0. The zero-order valence-corrected chi connectivity index (χ0v) is 20.0. The van der Waals surface area contributed by atoms with Gasteiger partial charge in [-0.3, -0.25) is 8.98 Å². The van der Waals surface area contributed by atoms with Gasteiger partial charge in [-0.25, -0.2) is 9.97 Å². The van der Waals surface area contributed by atoms with E-state index in [1.807, 2.05) is 13.8 Å². The number of ketones is 1. The molecule has 3 rings (SSSR count). The number of aliphatic hydroxyl groups excluding tert-OH is 2. The topological polar surface area (TPSA) is 151 Å². The fraction of sp³-hybridized carbons (Fsp3) is 0.526. The summed E-state index contributed by atoms with van der Waals surface area (Å²) in [6.45, 7) is 3.70. The zero-order chi connectivity index (χ0) is 23.6. The van der Waals surface area contributed by atoms with Gasteiger partial charge in [0, 0.05) is 17.8 Å². The van der Waals surface area contributed by atoms with Crippen LogP contribution < -0.4 is 10.0 Å². The molecule has 1 aliphatic rings. The van der Waals surface area contributed by atoms with Crippen molar-refractivity contribution in [2.24, 2.45) is 5.92 Å². The average Bonchev–Trinajstić information content (AvgIpc) is 3.29. The number of rotatable bonds is 9. The molecular formula is C19H25ClN4O6S2. The number of thiophene rings is 1. The number of hydrogen-bond donors (Lipinski definition) is 4. The zero-order valence-electron chi connectivity index (χ0n) is 17.6. The molecule has 1 aliphatic carbocycles. The van der Waals surface area contributed by atoms with Gasteiger partial charge in [-0.15, -0.1) is 11.3 Å². The Kier molecular flexibility index (Phi) is 7.86. The van der Waals surface area contributed by atoms with Crippen molar-refractivity contribution >= 4 is 44.8 Å². The van der Waals surface area contributed by atoms with Crippen molar-refractivity contribution in [2.45, 2.75) is 51.0 Å². The van der Waals surface area contributed by atoms with Crippen molar-refractivity contribution in [2.75, 3.05) is 12.4 Å². The first-order valence-electron chi connectivity index (χ1n) is 9.86. The molecule has 2 aromatic rings. The summed E-state index contributed by atoms with van der Waals surface area (Å²) in [5.74, 6) is -0.176. The second-order valence-electron chi connectivity index (χ2n) is 7.87. The third kappa shape index (κ3) is 5.63. The van der Waals surface area contributed by atoms with Crippen LogP contribution in [0.25, 0.3) is 0 Å². The molecule has 2 heterocycles. The predicted octanol–water partition coefficient (Wildman–Crippen LogP) is 1.90. The van der Waals surface area contributed by atoms with Crippen LogP contribution in [-0.2, 0) is 14.5 Å². The Labute approximate surface area is 195 Å². The third-order valence-electron chi connectivity index (χ3n) is 5.23. The van der Waals surface area contributed by atoms with Crippen LogP contribution in [0.5, 0.6) is 0 Å². The Morgan fingerprint density at radius 1 is 1.38 bits per heavy atom. The summed E-state index contributed by atoms with van der Waals surface area (Å²) in [6, 6.07) is 0.488. The summed E-state index contributed by atoms with van der Waals surface area (Å²) in [7, 11) is -2.93. The number of anilines is 1. The van der Waals surface area contributed by atoms with E-state index in [4.69, 9.17) is 11.6 Å².